The Hall–Kier alpha value is -1.06. The summed E-state index contributed by atoms with van der Waals surface area (Å²) >= 11 is 0. The molecule has 1 aliphatic rings. The zero-order valence-corrected chi connectivity index (χ0v) is 14.4. The number of benzene rings is 1. The van der Waals surface area contributed by atoms with Crippen molar-refractivity contribution in [2.45, 2.75) is 39.5 Å². The molecule has 1 aromatic carbocycles. The minimum Gasteiger partial charge on any atom is -0.491 e. The van der Waals surface area contributed by atoms with E-state index in [1.165, 1.54) is 31.5 Å². The van der Waals surface area contributed by atoms with Crippen LogP contribution in [0.25, 0.3) is 0 Å². The first-order valence-electron chi connectivity index (χ1n) is 8.79. The predicted octanol–water partition coefficient (Wildman–Crippen LogP) is 2.52. The third-order valence-electron chi connectivity index (χ3n) is 4.62. The van der Waals surface area contributed by atoms with E-state index in [1.807, 2.05) is 12.1 Å². The Bertz CT molecular complexity index is 408. The fraction of sp³-hybridized carbons (Fsp3) is 0.684. The molecule has 3 nitrogen and oxygen atoms in total. The molecule has 0 aliphatic carbocycles. The van der Waals surface area contributed by atoms with Crippen molar-refractivity contribution in [1.29, 1.82) is 0 Å². The van der Waals surface area contributed by atoms with Gasteiger partial charge in [-0.1, -0.05) is 32.9 Å². The normalized spacial score (nSPS) is 22.0. The van der Waals surface area contributed by atoms with Crippen molar-refractivity contribution in [1.82, 2.24) is 0 Å². The largest absolute Gasteiger partial charge is 0.491 e. The summed E-state index contributed by atoms with van der Waals surface area (Å²) in [7, 11) is 0. The molecule has 0 amide bonds. The van der Waals surface area contributed by atoms with Gasteiger partial charge in [-0.05, 0) is 42.4 Å². The molecule has 1 aliphatic heterocycles. The lowest BCUT2D eigenvalue weighted by atomic mass is 9.99. The number of likely N-dealkylation sites (tertiary alicyclic amines) is 1. The second-order valence-corrected chi connectivity index (χ2v) is 6.87. The second-order valence-electron chi connectivity index (χ2n) is 6.87. The van der Waals surface area contributed by atoms with Crippen LogP contribution >= 0.6 is 0 Å². The lowest BCUT2D eigenvalue weighted by Crippen LogP contribution is -3.13. The van der Waals surface area contributed by atoms with Crippen LogP contribution in [0.1, 0.15) is 45.1 Å². The van der Waals surface area contributed by atoms with Crippen LogP contribution in [0.15, 0.2) is 24.3 Å². The Labute approximate surface area is 135 Å². The van der Waals surface area contributed by atoms with Crippen LogP contribution in [-0.4, -0.2) is 39.5 Å². The molecular weight excluding hydrogens is 274 g/mol. The van der Waals surface area contributed by atoms with Crippen molar-refractivity contribution in [3.63, 3.8) is 0 Å². The Morgan fingerprint density at radius 1 is 1.05 bits per heavy atom. The maximum absolute atomic E-state index is 5.72. The highest BCUT2D eigenvalue weighted by Crippen LogP contribution is 2.18. The third-order valence-corrected chi connectivity index (χ3v) is 4.62. The van der Waals surface area contributed by atoms with Crippen molar-refractivity contribution in [2.24, 2.45) is 5.92 Å². The van der Waals surface area contributed by atoms with E-state index >= 15 is 0 Å². The Kier molecular flexibility index (Phi) is 7.20. The molecule has 1 aromatic rings. The number of hydrogen-bond donors (Lipinski definition) is 1. The minimum absolute atomic E-state index is 0.567. The van der Waals surface area contributed by atoms with Gasteiger partial charge in [-0.25, -0.2) is 0 Å². The summed E-state index contributed by atoms with van der Waals surface area (Å²) in [5.74, 6) is 2.42. The van der Waals surface area contributed by atoms with Gasteiger partial charge < -0.3 is 14.4 Å². The van der Waals surface area contributed by atoms with E-state index in [-0.39, 0.29) is 0 Å². The first-order chi connectivity index (χ1) is 10.6. The quantitative estimate of drug-likeness (QED) is 0.746. The van der Waals surface area contributed by atoms with E-state index < -0.39 is 0 Å². The van der Waals surface area contributed by atoms with Gasteiger partial charge in [-0.2, -0.15) is 0 Å². The Morgan fingerprint density at radius 2 is 1.73 bits per heavy atom. The van der Waals surface area contributed by atoms with Gasteiger partial charge in [0.15, 0.2) is 0 Å². The molecule has 0 aromatic heterocycles. The van der Waals surface area contributed by atoms with Crippen LogP contribution in [0.4, 0.5) is 0 Å². The predicted molar refractivity (Wildman–Crippen MR) is 90.8 cm³/mol. The van der Waals surface area contributed by atoms with Gasteiger partial charge in [-0.3, -0.25) is 0 Å². The topological polar surface area (TPSA) is 22.9 Å². The van der Waals surface area contributed by atoms with E-state index in [9.17, 15) is 0 Å². The molecule has 22 heavy (non-hydrogen) atoms. The fourth-order valence-electron chi connectivity index (χ4n) is 2.91. The maximum Gasteiger partial charge on any atom is 0.119 e. The van der Waals surface area contributed by atoms with Crippen molar-refractivity contribution in [2.75, 3.05) is 39.5 Å². The van der Waals surface area contributed by atoms with E-state index in [0.717, 1.165) is 24.8 Å². The molecule has 0 radical (unpaired) electrons. The van der Waals surface area contributed by atoms with Gasteiger partial charge in [0.2, 0.25) is 0 Å². The van der Waals surface area contributed by atoms with E-state index in [2.05, 4.69) is 32.9 Å². The van der Waals surface area contributed by atoms with Gasteiger partial charge in [0.25, 0.3) is 0 Å². The van der Waals surface area contributed by atoms with E-state index in [1.54, 1.807) is 4.90 Å². The molecule has 0 spiro atoms. The highest BCUT2D eigenvalue weighted by atomic mass is 16.5. The van der Waals surface area contributed by atoms with Crippen LogP contribution in [0.3, 0.4) is 0 Å². The second kappa shape index (κ2) is 9.16. The van der Waals surface area contributed by atoms with Gasteiger partial charge in [-0.15, -0.1) is 0 Å². The van der Waals surface area contributed by atoms with Gasteiger partial charge >= 0.3 is 0 Å². The number of nitrogens with one attached hydrogen (secondary N) is 1. The van der Waals surface area contributed by atoms with Crippen molar-refractivity contribution in [3.8, 4) is 5.75 Å². The van der Waals surface area contributed by atoms with Gasteiger partial charge in [0.05, 0.1) is 26.3 Å². The summed E-state index contributed by atoms with van der Waals surface area (Å²) in [6, 6.07) is 8.38. The summed E-state index contributed by atoms with van der Waals surface area (Å²) in [5, 5.41) is 0. The number of ether oxygens (including phenoxy) is 2. The van der Waals surface area contributed by atoms with Crippen LogP contribution in [0.5, 0.6) is 5.75 Å². The molecule has 1 fully saturated rings. The smallest absolute Gasteiger partial charge is 0.119 e. The van der Waals surface area contributed by atoms with Crippen LogP contribution in [0, 0.1) is 5.92 Å². The highest BCUT2D eigenvalue weighted by Gasteiger charge is 2.17. The molecule has 0 bridgehead atoms. The first kappa shape index (κ1) is 17.3. The Morgan fingerprint density at radius 3 is 2.36 bits per heavy atom. The van der Waals surface area contributed by atoms with E-state index in [0.29, 0.717) is 19.1 Å². The molecule has 1 heterocycles. The molecule has 1 saturated heterocycles. The SMILES string of the molecule is CC1CC[NH+](CCOCCOc2ccc(C(C)C)cc2)CC1. The number of rotatable bonds is 8. The molecule has 0 atom stereocenters. The van der Waals surface area contributed by atoms with Crippen LogP contribution in [-0.2, 0) is 4.74 Å². The summed E-state index contributed by atoms with van der Waals surface area (Å²) < 4.78 is 11.4. The van der Waals surface area contributed by atoms with Gasteiger partial charge in [0.1, 0.15) is 18.9 Å². The Balaban J connectivity index is 1.52. The minimum atomic E-state index is 0.567. The van der Waals surface area contributed by atoms with Crippen LogP contribution < -0.4 is 9.64 Å². The zero-order valence-electron chi connectivity index (χ0n) is 14.4. The maximum atomic E-state index is 5.72. The van der Waals surface area contributed by atoms with Crippen molar-refractivity contribution in [3.05, 3.63) is 29.8 Å². The average molecular weight is 306 g/mol. The van der Waals surface area contributed by atoms with Crippen molar-refractivity contribution < 1.29 is 14.4 Å². The monoisotopic (exact) mass is 306 g/mol. The summed E-state index contributed by atoms with van der Waals surface area (Å²) in [4.78, 5) is 1.70. The molecular formula is C19H32NO2+. The highest BCUT2D eigenvalue weighted by molar-refractivity contribution is 5.28. The van der Waals surface area contributed by atoms with Gasteiger partial charge in [0, 0.05) is 0 Å². The standard InChI is InChI=1S/C19H31NO2/c1-16(2)18-4-6-19(7-5-18)22-15-14-21-13-12-20-10-8-17(3)9-11-20/h4-7,16-17H,8-15H2,1-3H3/p+1. The summed E-state index contributed by atoms with van der Waals surface area (Å²) in [6.07, 6.45) is 2.73. The lowest BCUT2D eigenvalue weighted by Gasteiger charge is -2.27. The molecule has 0 unspecified atom stereocenters. The molecule has 124 valence electrons. The molecule has 3 heteroatoms. The van der Waals surface area contributed by atoms with Crippen LogP contribution in [0.2, 0.25) is 0 Å². The van der Waals surface area contributed by atoms with E-state index in [4.69, 9.17) is 9.47 Å². The molecule has 0 saturated carbocycles. The number of piperidine rings is 1. The number of hydrogen-bond acceptors (Lipinski definition) is 2. The number of quaternary nitrogens is 1. The lowest BCUT2D eigenvalue weighted by molar-refractivity contribution is -0.906. The fourth-order valence-corrected chi connectivity index (χ4v) is 2.91. The third kappa shape index (κ3) is 5.98. The zero-order chi connectivity index (χ0) is 15.8. The summed E-state index contributed by atoms with van der Waals surface area (Å²) in [5.41, 5.74) is 1.35. The summed E-state index contributed by atoms with van der Waals surface area (Å²) in [6.45, 7) is 12.7. The van der Waals surface area contributed by atoms with Crippen molar-refractivity contribution >= 4 is 0 Å². The molecule has 1 N–H and O–H groups in total. The molecule has 2 rings (SSSR count). The first-order valence-corrected chi connectivity index (χ1v) is 8.79. The average Bonchev–Trinajstić information content (AvgIpc) is 2.53.